The third-order valence-corrected chi connectivity index (χ3v) is 3.40. The van der Waals surface area contributed by atoms with Crippen LogP contribution in [0, 0.1) is 5.92 Å². The summed E-state index contributed by atoms with van der Waals surface area (Å²) in [5, 5.41) is 0. The summed E-state index contributed by atoms with van der Waals surface area (Å²) in [6, 6.07) is 0. The second kappa shape index (κ2) is 5.99. The van der Waals surface area contributed by atoms with Crippen molar-refractivity contribution in [2.24, 2.45) is 11.7 Å². The van der Waals surface area contributed by atoms with Gasteiger partial charge in [-0.25, -0.2) is 0 Å². The second-order valence-corrected chi connectivity index (χ2v) is 5.05. The first-order valence-corrected chi connectivity index (χ1v) is 6.00. The molecule has 0 unspecified atom stereocenters. The standard InChI is InChI=1S/C12H22BNO/c1-10(2)9-11-3-6-13(7-4-11)8-5-12(14)15/h11H,1,3-9H2,2H3,(H2,14,15). The number of carbonyl (C=O) groups excluding carboxylic acids is 1. The zero-order chi connectivity index (χ0) is 11.3. The van der Waals surface area contributed by atoms with Crippen molar-refractivity contribution in [1.29, 1.82) is 0 Å². The van der Waals surface area contributed by atoms with Gasteiger partial charge in [0.2, 0.25) is 5.91 Å². The summed E-state index contributed by atoms with van der Waals surface area (Å²) < 4.78 is 0. The van der Waals surface area contributed by atoms with Crippen molar-refractivity contribution < 1.29 is 4.79 Å². The molecule has 2 N–H and O–H groups in total. The molecular weight excluding hydrogens is 185 g/mol. The molecule has 0 atom stereocenters. The largest absolute Gasteiger partial charge is 0.370 e. The number of allylic oxidation sites excluding steroid dienone is 1. The molecule has 84 valence electrons. The molecule has 1 aliphatic heterocycles. The highest BCUT2D eigenvalue weighted by atomic mass is 16.1. The van der Waals surface area contributed by atoms with Crippen LogP contribution in [0.4, 0.5) is 0 Å². The Labute approximate surface area is 93.4 Å². The van der Waals surface area contributed by atoms with Gasteiger partial charge in [-0.2, -0.15) is 0 Å². The van der Waals surface area contributed by atoms with Gasteiger partial charge in [0, 0.05) is 6.42 Å². The van der Waals surface area contributed by atoms with Crippen LogP contribution in [0.25, 0.3) is 0 Å². The summed E-state index contributed by atoms with van der Waals surface area (Å²) in [7, 11) is 0. The van der Waals surface area contributed by atoms with Crippen molar-refractivity contribution in [2.75, 3.05) is 0 Å². The number of nitrogens with two attached hydrogens (primary N) is 1. The molecular formula is C12H22BNO. The molecule has 1 rings (SSSR count). The molecule has 1 amide bonds. The molecule has 0 aromatic heterocycles. The van der Waals surface area contributed by atoms with Gasteiger partial charge in [-0.1, -0.05) is 37.4 Å². The zero-order valence-electron chi connectivity index (χ0n) is 9.80. The van der Waals surface area contributed by atoms with Gasteiger partial charge in [0.25, 0.3) is 0 Å². The average Bonchev–Trinajstić information content (AvgIpc) is 2.16. The fraction of sp³-hybridized carbons (Fsp3) is 0.750. The predicted molar refractivity (Wildman–Crippen MR) is 66.1 cm³/mol. The SMILES string of the molecule is C=C(C)CC1CCB(CCC(N)=O)CC1. The van der Waals surface area contributed by atoms with Crippen LogP contribution in [0.2, 0.25) is 19.0 Å². The molecule has 0 saturated carbocycles. The van der Waals surface area contributed by atoms with E-state index in [4.69, 9.17) is 5.73 Å². The van der Waals surface area contributed by atoms with Gasteiger partial charge in [0.05, 0.1) is 0 Å². The maximum Gasteiger partial charge on any atom is 0.216 e. The monoisotopic (exact) mass is 207 g/mol. The van der Waals surface area contributed by atoms with Gasteiger partial charge in [-0.3, -0.25) is 4.79 Å². The summed E-state index contributed by atoms with van der Waals surface area (Å²) in [4.78, 5) is 10.7. The zero-order valence-corrected chi connectivity index (χ0v) is 9.80. The van der Waals surface area contributed by atoms with E-state index >= 15 is 0 Å². The van der Waals surface area contributed by atoms with Crippen LogP contribution >= 0.6 is 0 Å². The Kier molecular flexibility index (Phi) is 4.93. The van der Waals surface area contributed by atoms with E-state index in [1.54, 1.807) is 0 Å². The van der Waals surface area contributed by atoms with Crippen molar-refractivity contribution >= 4 is 12.6 Å². The number of primary amides is 1. The Morgan fingerprint density at radius 2 is 2.07 bits per heavy atom. The van der Waals surface area contributed by atoms with Crippen molar-refractivity contribution in [3.8, 4) is 0 Å². The molecule has 0 aromatic rings. The van der Waals surface area contributed by atoms with E-state index in [0.29, 0.717) is 6.42 Å². The van der Waals surface area contributed by atoms with Crippen LogP contribution in [0.3, 0.4) is 0 Å². The van der Waals surface area contributed by atoms with E-state index in [2.05, 4.69) is 13.5 Å². The lowest BCUT2D eigenvalue weighted by molar-refractivity contribution is -0.117. The van der Waals surface area contributed by atoms with Crippen LogP contribution in [0.5, 0.6) is 0 Å². The van der Waals surface area contributed by atoms with Crippen molar-refractivity contribution in [1.82, 2.24) is 0 Å². The molecule has 0 bridgehead atoms. The van der Waals surface area contributed by atoms with Gasteiger partial charge in [0.1, 0.15) is 6.71 Å². The topological polar surface area (TPSA) is 43.1 Å². The van der Waals surface area contributed by atoms with E-state index in [1.165, 1.54) is 37.5 Å². The van der Waals surface area contributed by atoms with Crippen LogP contribution in [0.1, 0.15) is 32.6 Å². The lowest BCUT2D eigenvalue weighted by Crippen LogP contribution is -2.23. The van der Waals surface area contributed by atoms with E-state index in [0.717, 1.165) is 19.0 Å². The molecule has 0 radical (unpaired) electrons. The molecule has 1 heterocycles. The fourth-order valence-corrected chi connectivity index (χ4v) is 2.56. The molecule has 1 fully saturated rings. The van der Waals surface area contributed by atoms with Crippen LogP contribution in [-0.4, -0.2) is 12.6 Å². The normalized spacial score (nSPS) is 17.8. The molecule has 15 heavy (non-hydrogen) atoms. The Morgan fingerprint density at radius 1 is 1.47 bits per heavy atom. The molecule has 0 aliphatic carbocycles. The molecule has 1 saturated heterocycles. The number of amides is 1. The number of hydrogen-bond acceptors (Lipinski definition) is 1. The first-order chi connectivity index (χ1) is 7.08. The third kappa shape index (κ3) is 5.05. The maximum atomic E-state index is 10.7. The van der Waals surface area contributed by atoms with E-state index < -0.39 is 0 Å². The highest BCUT2D eigenvalue weighted by Gasteiger charge is 2.23. The average molecular weight is 207 g/mol. The fourth-order valence-electron chi connectivity index (χ4n) is 2.56. The van der Waals surface area contributed by atoms with Crippen LogP contribution in [-0.2, 0) is 4.79 Å². The highest BCUT2D eigenvalue weighted by molar-refractivity contribution is 6.59. The molecule has 2 nitrogen and oxygen atoms in total. The van der Waals surface area contributed by atoms with Crippen LogP contribution < -0.4 is 5.73 Å². The minimum absolute atomic E-state index is 0.154. The quantitative estimate of drug-likeness (QED) is 0.546. The number of hydrogen-bond donors (Lipinski definition) is 1. The van der Waals surface area contributed by atoms with Gasteiger partial charge in [0.15, 0.2) is 0 Å². The third-order valence-electron chi connectivity index (χ3n) is 3.40. The minimum atomic E-state index is -0.154. The first-order valence-electron chi connectivity index (χ1n) is 6.00. The molecule has 0 aromatic carbocycles. The summed E-state index contributed by atoms with van der Waals surface area (Å²) >= 11 is 0. The molecule has 0 spiro atoms. The van der Waals surface area contributed by atoms with Gasteiger partial charge >= 0.3 is 0 Å². The number of rotatable bonds is 5. The summed E-state index contributed by atoms with van der Waals surface area (Å²) in [6.07, 6.45) is 7.89. The lowest BCUT2D eigenvalue weighted by atomic mass is 9.38. The van der Waals surface area contributed by atoms with Crippen molar-refractivity contribution in [2.45, 2.75) is 51.6 Å². The minimum Gasteiger partial charge on any atom is -0.370 e. The Bertz CT molecular complexity index is 232. The van der Waals surface area contributed by atoms with Crippen molar-refractivity contribution in [3.63, 3.8) is 0 Å². The summed E-state index contributed by atoms with van der Waals surface area (Å²) in [5.41, 5.74) is 6.45. The highest BCUT2D eigenvalue weighted by Crippen LogP contribution is 2.31. The smallest absolute Gasteiger partial charge is 0.216 e. The Morgan fingerprint density at radius 3 is 2.53 bits per heavy atom. The predicted octanol–water partition coefficient (Wildman–Crippen LogP) is 2.73. The van der Waals surface area contributed by atoms with Gasteiger partial charge in [-0.05, 0) is 19.3 Å². The molecule has 1 aliphatic rings. The maximum absolute atomic E-state index is 10.7. The Hall–Kier alpha value is -0.725. The first kappa shape index (κ1) is 12.3. The number of carbonyl (C=O) groups is 1. The van der Waals surface area contributed by atoms with E-state index in [9.17, 15) is 4.79 Å². The lowest BCUT2D eigenvalue weighted by Gasteiger charge is -2.26. The van der Waals surface area contributed by atoms with Crippen LogP contribution in [0.15, 0.2) is 12.2 Å². The summed E-state index contributed by atoms with van der Waals surface area (Å²) in [6.45, 7) is 6.81. The Balaban J connectivity index is 2.18. The summed E-state index contributed by atoms with van der Waals surface area (Å²) in [5.74, 6) is 0.686. The van der Waals surface area contributed by atoms with Gasteiger partial charge < -0.3 is 5.73 Å². The van der Waals surface area contributed by atoms with E-state index in [1.807, 2.05) is 0 Å². The molecule has 3 heteroatoms. The second-order valence-electron chi connectivity index (χ2n) is 5.05. The van der Waals surface area contributed by atoms with Crippen molar-refractivity contribution in [3.05, 3.63) is 12.2 Å². The van der Waals surface area contributed by atoms with E-state index in [-0.39, 0.29) is 5.91 Å². The van der Waals surface area contributed by atoms with Gasteiger partial charge in [-0.15, -0.1) is 6.58 Å².